The lowest BCUT2D eigenvalue weighted by Crippen LogP contribution is -2.44. The average molecular weight is 344 g/mol. The number of rotatable bonds is 3. The molecule has 1 fully saturated rings. The van der Waals surface area contributed by atoms with Crippen molar-refractivity contribution in [2.75, 3.05) is 33.8 Å². The highest BCUT2D eigenvalue weighted by molar-refractivity contribution is 7.22. The molecule has 1 atom stereocenters. The van der Waals surface area contributed by atoms with Crippen LogP contribution in [0.3, 0.4) is 0 Å². The van der Waals surface area contributed by atoms with Crippen LogP contribution < -0.4 is 10.1 Å². The fourth-order valence-electron chi connectivity index (χ4n) is 3.09. The monoisotopic (exact) mass is 344 g/mol. The van der Waals surface area contributed by atoms with Gasteiger partial charge >= 0.3 is 0 Å². The molecular weight excluding hydrogens is 324 g/mol. The maximum Gasteiger partial charge on any atom is 0.268 e. The largest absolute Gasteiger partial charge is 0.497 e. The molecule has 0 saturated carbocycles. The molecular formula is C17H20N4O2S. The number of nitrogens with one attached hydrogen (secondary N) is 1. The first-order valence-corrected chi connectivity index (χ1v) is 8.81. The van der Waals surface area contributed by atoms with Crippen molar-refractivity contribution in [3.05, 3.63) is 29.6 Å². The highest BCUT2D eigenvalue weighted by Gasteiger charge is 2.26. The van der Waals surface area contributed by atoms with E-state index < -0.39 is 0 Å². The third-order valence-electron chi connectivity index (χ3n) is 4.59. The predicted molar refractivity (Wildman–Crippen MR) is 94.6 cm³/mol. The zero-order valence-corrected chi connectivity index (χ0v) is 14.8. The fraction of sp³-hybridized carbons (Fsp3) is 0.412. The summed E-state index contributed by atoms with van der Waals surface area (Å²) in [6, 6.07) is 6.27. The lowest BCUT2D eigenvalue weighted by atomic mass is 10.1. The van der Waals surface area contributed by atoms with Crippen molar-refractivity contribution >= 4 is 21.4 Å². The van der Waals surface area contributed by atoms with Crippen LogP contribution >= 0.6 is 11.3 Å². The summed E-state index contributed by atoms with van der Waals surface area (Å²) in [6.45, 7) is 4.91. The third kappa shape index (κ3) is 2.58. The number of hydrogen-bond acceptors (Lipinski definition) is 7. The van der Waals surface area contributed by atoms with Crippen LogP contribution in [0.2, 0.25) is 0 Å². The van der Waals surface area contributed by atoms with E-state index >= 15 is 0 Å². The van der Waals surface area contributed by atoms with Crippen LogP contribution in [0.15, 0.2) is 22.7 Å². The number of aromatic nitrogens is 2. The maximum absolute atomic E-state index is 5.58. The molecule has 7 heteroatoms. The second-order valence-corrected chi connectivity index (χ2v) is 7.13. The number of piperazine rings is 1. The van der Waals surface area contributed by atoms with Gasteiger partial charge in [-0.25, -0.2) is 0 Å². The number of likely N-dealkylation sites (N-methyl/N-ethyl adjacent to an activating group) is 1. The molecule has 126 valence electrons. The second-order valence-electron chi connectivity index (χ2n) is 6.08. The lowest BCUT2D eigenvalue weighted by Gasteiger charge is -2.30. The summed E-state index contributed by atoms with van der Waals surface area (Å²) in [6.07, 6.45) is 0. The normalized spacial score (nSPS) is 19.0. The molecule has 3 heterocycles. The van der Waals surface area contributed by atoms with Gasteiger partial charge in [0.05, 0.1) is 18.0 Å². The van der Waals surface area contributed by atoms with Gasteiger partial charge in [0.1, 0.15) is 5.75 Å². The Hall–Kier alpha value is -1.96. The van der Waals surface area contributed by atoms with E-state index in [0.29, 0.717) is 5.89 Å². The molecule has 1 saturated heterocycles. The molecule has 1 unspecified atom stereocenters. The van der Waals surface area contributed by atoms with Crippen LogP contribution in [0, 0.1) is 6.92 Å². The SMILES string of the molecule is COc1ccc2sc(-c3nc(C4CNCCN4C)no3)c(C)c2c1. The summed E-state index contributed by atoms with van der Waals surface area (Å²) in [5, 5.41) is 8.78. The summed E-state index contributed by atoms with van der Waals surface area (Å²) in [5.41, 5.74) is 1.15. The van der Waals surface area contributed by atoms with Gasteiger partial charge in [-0.1, -0.05) is 5.16 Å². The van der Waals surface area contributed by atoms with Gasteiger partial charge in [0.2, 0.25) is 0 Å². The van der Waals surface area contributed by atoms with Gasteiger partial charge in [-0.05, 0) is 43.1 Å². The predicted octanol–water partition coefficient (Wildman–Crippen LogP) is 2.84. The van der Waals surface area contributed by atoms with Crippen molar-refractivity contribution in [3.63, 3.8) is 0 Å². The van der Waals surface area contributed by atoms with Crippen molar-refractivity contribution in [1.82, 2.24) is 20.4 Å². The Morgan fingerprint density at radius 3 is 3.08 bits per heavy atom. The van der Waals surface area contributed by atoms with Crippen LogP contribution in [0.4, 0.5) is 0 Å². The van der Waals surface area contributed by atoms with E-state index in [0.717, 1.165) is 41.6 Å². The minimum absolute atomic E-state index is 0.158. The fourth-order valence-corrected chi connectivity index (χ4v) is 4.20. The molecule has 0 spiro atoms. The van der Waals surface area contributed by atoms with Crippen molar-refractivity contribution in [2.45, 2.75) is 13.0 Å². The van der Waals surface area contributed by atoms with Crippen LogP contribution in [0.25, 0.3) is 20.9 Å². The molecule has 6 nitrogen and oxygen atoms in total. The van der Waals surface area contributed by atoms with Crippen LogP contribution in [-0.4, -0.2) is 48.8 Å². The van der Waals surface area contributed by atoms with E-state index in [1.807, 2.05) is 6.07 Å². The summed E-state index contributed by atoms with van der Waals surface area (Å²) < 4.78 is 12.1. The van der Waals surface area contributed by atoms with E-state index in [4.69, 9.17) is 9.26 Å². The Kier molecular flexibility index (Phi) is 3.99. The van der Waals surface area contributed by atoms with Crippen molar-refractivity contribution in [1.29, 1.82) is 0 Å². The zero-order valence-electron chi connectivity index (χ0n) is 14.0. The average Bonchev–Trinajstić information content (AvgIpc) is 3.20. The first kappa shape index (κ1) is 15.6. The van der Waals surface area contributed by atoms with Crippen LogP contribution in [0.1, 0.15) is 17.4 Å². The van der Waals surface area contributed by atoms with Crippen molar-refractivity contribution in [2.24, 2.45) is 0 Å². The first-order chi connectivity index (χ1) is 11.7. The van der Waals surface area contributed by atoms with Gasteiger partial charge in [0.15, 0.2) is 5.82 Å². The number of benzene rings is 1. The van der Waals surface area contributed by atoms with Crippen molar-refractivity contribution < 1.29 is 9.26 Å². The summed E-state index contributed by atoms with van der Waals surface area (Å²) in [7, 11) is 3.78. The molecule has 1 aliphatic rings. The second kappa shape index (κ2) is 6.16. The number of methoxy groups -OCH3 is 1. The van der Waals surface area contributed by atoms with Crippen molar-refractivity contribution in [3.8, 4) is 16.5 Å². The van der Waals surface area contributed by atoms with Gasteiger partial charge in [0, 0.05) is 24.3 Å². The standard InChI is InChI=1S/C17H20N4O2S/c1-10-12-8-11(22-3)4-5-14(12)24-15(10)17-19-16(20-23-17)13-9-18-6-7-21(13)2/h4-5,8,13,18H,6-7,9H2,1-3H3. The van der Waals surface area contributed by atoms with Gasteiger partial charge in [-0.15, -0.1) is 11.3 Å². The molecule has 0 radical (unpaired) electrons. The minimum atomic E-state index is 0.158. The summed E-state index contributed by atoms with van der Waals surface area (Å²) in [4.78, 5) is 7.96. The summed E-state index contributed by atoms with van der Waals surface area (Å²) in [5.74, 6) is 2.20. The van der Waals surface area contributed by atoms with E-state index in [2.05, 4.69) is 46.5 Å². The topological polar surface area (TPSA) is 63.4 Å². The molecule has 1 aromatic carbocycles. The Bertz CT molecular complexity index is 873. The molecule has 1 aliphatic heterocycles. The Labute approximate surface area is 144 Å². The zero-order chi connectivity index (χ0) is 16.7. The number of nitrogens with zero attached hydrogens (tertiary/aromatic N) is 3. The van der Waals surface area contributed by atoms with Crippen LogP contribution in [0.5, 0.6) is 5.75 Å². The van der Waals surface area contributed by atoms with Gasteiger partial charge in [-0.3, -0.25) is 4.90 Å². The number of hydrogen-bond donors (Lipinski definition) is 1. The Morgan fingerprint density at radius 2 is 2.29 bits per heavy atom. The van der Waals surface area contributed by atoms with Gasteiger partial charge in [-0.2, -0.15) is 4.98 Å². The molecule has 2 aromatic heterocycles. The Balaban J connectivity index is 1.71. The molecule has 0 bridgehead atoms. The smallest absolute Gasteiger partial charge is 0.268 e. The van der Waals surface area contributed by atoms with Crippen LogP contribution in [-0.2, 0) is 0 Å². The number of ether oxygens (including phenoxy) is 1. The molecule has 1 N–H and O–H groups in total. The highest BCUT2D eigenvalue weighted by atomic mass is 32.1. The quantitative estimate of drug-likeness (QED) is 0.788. The number of aryl methyl sites for hydroxylation is 1. The highest BCUT2D eigenvalue weighted by Crippen LogP contribution is 2.39. The molecule has 3 aromatic rings. The van der Waals surface area contributed by atoms with Gasteiger partial charge in [0.25, 0.3) is 5.89 Å². The summed E-state index contributed by atoms with van der Waals surface area (Å²) >= 11 is 1.68. The minimum Gasteiger partial charge on any atom is -0.497 e. The van der Waals surface area contributed by atoms with E-state index in [-0.39, 0.29) is 6.04 Å². The number of thiophene rings is 1. The Morgan fingerprint density at radius 1 is 1.42 bits per heavy atom. The molecule has 4 rings (SSSR count). The number of fused-ring (bicyclic) bond motifs is 1. The maximum atomic E-state index is 5.58. The van der Waals surface area contributed by atoms with E-state index in [1.165, 1.54) is 10.1 Å². The molecule has 0 aliphatic carbocycles. The van der Waals surface area contributed by atoms with E-state index in [9.17, 15) is 0 Å². The first-order valence-electron chi connectivity index (χ1n) is 7.99. The lowest BCUT2D eigenvalue weighted by molar-refractivity contribution is 0.190. The molecule has 0 amide bonds. The third-order valence-corrected chi connectivity index (χ3v) is 5.85. The molecule has 24 heavy (non-hydrogen) atoms. The van der Waals surface area contributed by atoms with Gasteiger partial charge < -0.3 is 14.6 Å². The van der Waals surface area contributed by atoms with E-state index in [1.54, 1.807) is 18.4 Å².